The van der Waals surface area contributed by atoms with Gasteiger partial charge in [-0.3, -0.25) is 0 Å². The van der Waals surface area contributed by atoms with Crippen molar-refractivity contribution in [1.82, 2.24) is 9.59 Å². The van der Waals surface area contributed by atoms with Gasteiger partial charge in [-0.1, -0.05) is 29.5 Å². The molecule has 1 atom stereocenters. The van der Waals surface area contributed by atoms with Crippen LogP contribution in [0.5, 0.6) is 0 Å². The summed E-state index contributed by atoms with van der Waals surface area (Å²) < 4.78 is 9.89. The summed E-state index contributed by atoms with van der Waals surface area (Å²) in [5.74, 6) is 0.772. The van der Waals surface area contributed by atoms with Crippen molar-refractivity contribution in [3.8, 4) is 0 Å². The zero-order valence-electron chi connectivity index (χ0n) is 11.6. The summed E-state index contributed by atoms with van der Waals surface area (Å²) in [5.41, 5.74) is 9.40. The van der Waals surface area contributed by atoms with Gasteiger partial charge in [0.1, 0.15) is 17.4 Å². The van der Waals surface area contributed by atoms with Gasteiger partial charge in [-0.25, -0.2) is 0 Å². The third-order valence-corrected chi connectivity index (χ3v) is 4.20. The quantitative estimate of drug-likeness (QED) is 0.796. The molecular formula is C15H17N3OS. The maximum Gasteiger partial charge on any atom is 0.134 e. The number of benzene rings is 1. The van der Waals surface area contributed by atoms with Gasteiger partial charge in [0.25, 0.3) is 0 Å². The van der Waals surface area contributed by atoms with Gasteiger partial charge in [-0.05, 0) is 43.1 Å². The lowest BCUT2D eigenvalue weighted by molar-refractivity contribution is 0.526. The van der Waals surface area contributed by atoms with E-state index in [1.54, 1.807) is 0 Å². The van der Waals surface area contributed by atoms with Gasteiger partial charge in [0.2, 0.25) is 0 Å². The second-order valence-corrected chi connectivity index (χ2v) is 5.79. The first-order valence-electron chi connectivity index (χ1n) is 6.76. The monoisotopic (exact) mass is 287 g/mol. The Balaban J connectivity index is 1.99. The fraction of sp³-hybridized carbons (Fsp3) is 0.333. The van der Waals surface area contributed by atoms with E-state index in [9.17, 15) is 0 Å². The first-order chi connectivity index (χ1) is 9.69. The minimum absolute atomic E-state index is 0.288. The highest BCUT2D eigenvalue weighted by molar-refractivity contribution is 7.05. The molecule has 2 N–H and O–H groups in total. The lowest BCUT2D eigenvalue weighted by atomic mass is 10.1. The molecule has 104 valence electrons. The van der Waals surface area contributed by atoms with Crippen LogP contribution in [-0.2, 0) is 6.42 Å². The normalized spacial score (nSPS) is 12.9. The van der Waals surface area contributed by atoms with E-state index in [2.05, 4.69) is 29.5 Å². The van der Waals surface area contributed by atoms with Gasteiger partial charge in [-0.2, -0.15) is 0 Å². The van der Waals surface area contributed by atoms with Crippen molar-refractivity contribution in [3.63, 3.8) is 0 Å². The molecule has 3 rings (SSSR count). The predicted molar refractivity (Wildman–Crippen MR) is 80.9 cm³/mol. The Morgan fingerprint density at radius 2 is 2.20 bits per heavy atom. The smallest absolute Gasteiger partial charge is 0.134 e. The van der Waals surface area contributed by atoms with Crippen LogP contribution in [0.3, 0.4) is 0 Å². The van der Waals surface area contributed by atoms with Crippen molar-refractivity contribution in [2.24, 2.45) is 5.73 Å². The van der Waals surface area contributed by atoms with E-state index in [0.29, 0.717) is 0 Å². The third kappa shape index (κ3) is 2.34. The van der Waals surface area contributed by atoms with E-state index in [0.717, 1.165) is 40.1 Å². The van der Waals surface area contributed by atoms with Crippen LogP contribution >= 0.6 is 11.5 Å². The molecule has 1 unspecified atom stereocenters. The van der Waals surface area contributed by atoms with Crippen molar-refractivity contribution in [3.05, 3.63) is 46.2 Å². The summed E-state index contributed by atoms with van der Waals surface area (Å²) >= 11 is 1.36. The summed E-state index contributed by atoms with van der Waals surface area (Å²) in [6.07, 6.45) is 1.93. The zero-order valence-corrected chi connectivity index (χ0v) is 12.4. The molecular weight excluding hydrogens is 270 g/mol. The van der Waals surface area contributed by atoms with Gasteiger partial charge < -0.3 is 10.2 Å². The van der Waals surface area contributed by atoms with Gasteiger partial charge in [0.05, 0.1) is 10.6 Å². The number of aromatic nitrogens is 2. The molecule has 5 heteroatoms. The predicted octanol–water partition coefficient (Wildman–Crippen LogP) is 3.59. The summed E-state index contributed by atoms with van der Waals surface area (Å²) in [7, 11) is 0. The standard InChI is InChI=1S/C15H17N3OS/c1-3-4-11-15(20-18-17-11)14(16)13-8-10-7-9(2)5-6-12(10)19-13/h5-8,14H,3-4,16H2,1-2H3. The SMILES string of the molecule is CCCc1nnsc1C(N)c1cc2cc(C)ccc2o1. The first kappa shape index (κ1) is 13.3. The molecule has 20 heavy (non-hydrogen) atoms. The second kappa shape index (κ2) is 5.34. The lowest BCUT2D eigenvalue weighted by Gasteiger charge is -2.06. The molecule has 0 amide bonds. The number of nitrogens with zero attached hydrogens (tertiary/aromatic N) is 2. The second-order valence-electron chi connectivity index (χ2n) is 5.00. The highest BCUT2D eigenvalue weighted by Crippen LogP contribution is 2.30. The van der Waals surface area contributed by atoms with E-state index in [4.69, 9.17) is 10.2 Å². The van der Waals surface area contributed by atoms with Gasteiger partial charge in [0.15, 0.2) is 0 Å². The van der Waals surface area contributed by atoms with Crippen LogP contribution < -0.4 is 5.73 Å². The number of rotatable bonds is 4. The van der Waals surface area contributed by atoms with Crippen LogP contribution in [0.1, 0.15) is 41.3 Å². The average molecular weight is 287 g/mol. The number of furan rings is 1. The van der Waals surface area contributed by atoms with E-state index < -0.39 is 0 Å². The number of hydrogen-bond acceptors (Lipinski definition) is 5. The fourth-order valence-electron chi connectivity index (χ4n) is 2.33. The number of nitrogens with two attached hydrogens (primary N) is 1. The number of aryl methyl sites for hydroxylation is 2. The molecule has 0 spiro atoms. The molecule has 0 saturated heterocycles. The zero-order chi connectivity index (χ0) is 14.1. The third-order valence-electron chi connectivity index (χ3n) is 3.35. The molecule has 3 aromatic rings. The molecule has 0 aliphatic rings. The van der Waals surface area contributed by atoms with Crippen LogP contribution in [0.2, 0.25) is 0 Å². The molecule has 4 nitrogen and oxygen atoms in total. The fourth-order valence-corrected chi connectivity index (χ4v) is 3.03. The molecule has 0 aliphatic carbocycles. The Hall–Kier alpha value is -1.72. The maximum atomic E-state index is 6.33. The Bertz CT molecular complexity index is 732. The summed E-state index contributed by atoms with van der Waals surface area (Å²) in [5, 5.41) is 5.26. The molecule has 1 aromatic carbocycles. The summed E-state index contributed by atoms with van der Waals surface area (Å²) in [6, 6.07) is 7.86. The molecule has 0 radical (unpaired) electrons. The number of hydrogen-bond donors (Lipinski definition) is 1. The van der Waals surface area contributed by atoms with E-state index in [-0.39, 0.29) is 6.04 Å². The van der Waals surface area contributed by atoms with Crippen molar-refractivity contribution < 1.29 is 4.42 Å². The van der Waals surface area contributed by atoms with E-state index in [1.165, 1.54) is 17.1 Å². The van der Waals surface area contributed by atoms with Crippen molar-refractivity contribution >= 4 is 22.5 Å². The highest BCUT2D eigenvalue weighted by atomic mass is 32.1. The maximum absolute atomic E-state index is 6.33. The van der Waals surface area contributed by atoms with E-state index in [1.807, 2.05) is 18.2 Å². The van der Waals surface area contributed by atoms with Gasteiger partial charge in [-0.15, -0.1) is 5.10 Å². The van der Waals surface area contributed by atoms with E-state index >= 15 is 0 Å². The molecule has 0 aliphatic heterocycles. The molecule has 0 bridgehead atoms. The Labute approximate surface area is 121 Å². The van der Waals surface area contributed by atoms with Crippen LogP contribution in [-0.4, -0.2) is 9.59 Å². The Morgan fingerprint density at radius 1 is 1.35 bits per heavy atom. The van der Waals surface area contributed by atoms with Crippen LogP contribution in [0, 0.1) is 6.92 Å². The molecule has 0 fully saturated rings. The van der Waals surface area contributed by atoms with Crippen LogP contribution in [0.15, 0.2) is 28.7 Å². The van der Waals surface area contributed by atoms with Crippen molar-refractivity contribution in [2.45, 2.75) is 32.7 Å². The first-order valence-corrected chi connectivity index (χ1v) is 7.53. The van der Waals surface area contributed by atoms with Gasteiger partial charge >= 0.3 is 0 Å². The Morgan fingerprint density at radius 3 is 3.00 bits per heavy atom. The van der Waals surface area contributed by atoms with Crippen LogP contribution in [0.25, 0.3) is 11.0 Å². The molecule has 0 saturated carbocycles. The van der Waals surface area contributed by atoms with Crippen molar-refractivity contribution in [1.29, 1.82) is 0 Å². The minimum atomic E-state index is -0.288. The topological polar surface area (TPSA) is 64.9 Å². The highest BCUT2D eigenvalue weighted by Gasteiger charge is 2.20. The molecule has 2 aromatic heterocycles. The minimum Gasteiger partial charge on any atom is -0.459 e. The number of fused-ring (bicyclic) bond motifs is 1. The van der Waals surface area contributed by atoms with Crippen LogP contribution in [0.4, 0.5) is 0 Å². The Kier molecular flexibility index (Phi) is 3.54. The largest absolute Gasteiger partial charge is 0.459 e. The average Bonchev–Trinajstić information content (AvgIpc) is 3.04. The van der Waals surface area contributed by atoms with Crippen molar-refractivity contribution in [2.75, 3.05) is 0 Å². The summed E-state index contributed by atoms with van der Waals surface area (Å²) in [4.78, 5) is 1.00. The lowest BCUT2D eigenvalue weighted by Crippen LogP contribution is -2.11. The molecule has 2 heterocycles. The van der Waals surface area contributed by atoms with Gasteiger partial charge in [0, 0.05) is 5.39 Å². The summed E-state index contributed by atoms with van der Waals surface area (Å²) in [6.45, 7) is 4.19.